The van der Waals surface area contributed by atoms with Crippen LogP contribution in [0.4, 0.5) is 5.95 Å². The molecule has 0 aliphatic carbocycles. The zero-order chi connectivity index (χ0) is 17.2. The summed E-state index contributed by atoms with van der Waals surface area (Å²) >= 11 is 1.75. The molecule has 2 aromatic carbocycles. The number of nitrogens with zero attached hydrogens (tertiary/aromatic N) is 3. The van der Waals surface area contributed by atoms with Crippen LogP contribution in [0.2, 0.25) is 0 Å². The van der Waals surface area contributed by atoms with E-state index >= 15 is 0 Å². The number of rotatable bonds is 4. The predicted octanol–water partition coefficient (Wildman–Crippen LogP) is 4.62. The number of fused-ring (bicyclic) bond motifs is 1. The fraction of sp³-hybridized carbons (Fsp3) is 0.200. The lowest BCUT2D eigenvalue weighted by atomic mass is 10.0. The zero-order valence-corrected chi connectivity index (χ0v) is 15.1. The summed E-state index contributed by atoms with van der Waals surface area (Å²) in [7, 11) is 0. The molecule has 3 aromatic rings. The molecule has 1 N–H and O–H groups in total. The fourth-order valence-electron chi connectivity index (χ4n) is 3.06. The van der Waals surface area contributed by atoms with Crippen molar-refractivity contribution < 1.29 is 0 Å². The third kappa shape index (κ3) is 3.07. The highest BCUT2D eigenvalue weighted by Gasteiger charge is 2.23. The molecule has 1 aromatic heterocycles. The smallest absolute Gasteiger partial charge is 0.226 e. The molecule has 1 aliphatic heterocycles. The Labute approximate surface area is 152 Å². The second-order valence-electron chi connectivity index (χ2n) is 6.00. The fourth-order valence-corrected chi connectivity index (χ4v) is 3.47. The average Bonchev–Trinajstić information content (AvgIpc) is 3.16. The van der Waals surface area contributed by atoms with E-state index in [1.165, 1.54) is 16.0 Å². The summed E-state index contributed by atoms with van der Waals surface area (Å²) < 4.78 is 1.93. The molecule has 0 bridgehead atoms. The van der Waals surface area contributed by atoms with Crippen molar-refractivity contribution in [2.24, 2.45) is 0 Å². The van der Waals surface area contributed by atoms with Gasteiger partial charge in [0.1, 0.15) is 12.4 Å². The van der Waals surface area contributed by atoms with Gasteiger partial charge in [-0.1, -0.05) is 43.3 Å². The SMILES string of the molecule is CCc1ccc(C2=CC(c3ccc(SC)cc3)n3ncnc3N2)cc1. The summed E-state index contributed by atoms with van der Waals surface area (Å²) in [6.07, 6.45) is 6.96. The Hall–Kier alpha value is -2.53. The Morgan fingerprint density at radius 2 is 1.84 bits per heavy atom. The summed E-state index contributed by atoms with van der Waals surface area (Å²) in [4.78, 5) is 5.63. The van der Waals surface area contributed by atoms with Crippen LogP contribution in [0, 0.1) is 0 Å². The summed E-state index contributed by atoms with van der Waals surface area (Å²) in [6.45, 7) is 2.17. The minimum atomic E-state index is 0.0375. The topological polar surface area (TPSA) is 42.7 Å². The second-order valence-corrected chi connectivity index (χ2v) is 6.88. The molecule has 5 heteroatoms. The van der Waals surface area contributed by atoms with E-state index in [0.29, 0.717) is 0 Å². The van der Waals surface area contributed by atoms with Crippen molar-refractivity contribution in [3.8, 4) is 0 Å². The van der Waals surface area contributed by atoms with Gasteiger partial charge >= 0.3 is 0 Å². The standard InChI is InChI=1S/C20H20N4S/c1-3-14-4-6-15(7-5-14)18-12-19(24-20(23-18)21-13-22-24)16-8-10-17(25-2)11-9-16/h4-13,19H,3H2,1-2H3,(H,21,22,23). The highest BCUT2D eigenvalue weighted by molar-refractivity contribution is 7.98. The number of anilines is 1. The van der Waals surface area contributed by atoms with Gasteiger partial charge in [-0.05, 0) is 47.6 Å². The summed E-state index contributed by atoms with van der Waals surface area (Å²) in [5.74, 6) is 0.774. The van der Waals surface area contributed by atoms with Crippen LogP contribution in [-0.2, 0) is 6.42 Å². The zero-order valence-electron chi connectivity index (χ0n) is 14.3. The number of aryl methyl sites for hydroxylation is 1. The van der Waals surface area contributed by atoms with Gasteiger partial charge in [0.05, 0.1) is 0 Å². The number of nitrogens with one attached hydrogen (secondary N) is 1. The largest absolute Gasteiger partial charge is 0.324 e. The van der Waals surface area contributed by atoms with Crippen LogP contribution < -0.4 is 5.32 Å². The molecule has 1 atom stereocenters. The second kappa shape index (κ2) is 6.76. The molecular formula is C20H20N4S. The van der Waals surface area contributed by atoms with Crippen molar-refractivity contribution in [3.63, 3.8) is 0 Å². The lowest BCUT2D eigenvalue weighted by Gasteiger charge is -2.24. The van der Waals surface area contributed by atoms with E-state index < -0.39 is 0 Å². The van der Waals surface area contributed by atoms with E-state index in [1.807, 2.05) is 4.68 Å². The van der Waals surface area contributed by atoms with Crippen LogP contribution in [0.25, 0.3) is 5.70 Å². The molecule has 0 saturated heterocycles. The van der Waals surface area contributed by atoms with Gasteiger partial charge in [-0.2, -0.15) is 10.1 Å². The first-order valence-electron chi connectivity index (χ1n) is 8.40. The van der Waals surface area contributed by atoms with E-state index in [9.17, 15) is 0 Å². The van der Waals surface area contributed by atoms with Gasteiger partial charge in [0.15, 0.2) is 0 Å². The first kappa shape index (κ1) is 16.0. The first-order chi connectivity index (χ1) is 12.3. The highest BCUT2D eigenvalue weighted by atomic mass is 32.2. The predicted molar refractivity (Wildman–Crippen MR) is 104 cm³/mol. The Kier molecular flexibility index (Phi) is 4.32. The van der Waals surface area contributed by atoms with Crippen molar-refractivity contribution >= 4 is 23.4 Å². The highest BCUT2D eigenvalue weighted by Crippen LogP contribution is 2.32. The maximum Gasteiger partial charge on any atom is 0.226 e. The Morgan fingerprint density at radius 1 is 1.08 bits per heavy atom. The maximum atomic E-state index is 4.41. The normalized spacial score (nSPS) is 16.1. The van der Waals surface area contributed by atoms with Gasteiger partial charge in [0.2, 0.25) is 5.95 Å². The molecule has 4 nitrogen and oxygen atoms in total. The van der Waals surface area contributed by atoms with E-state index in [1.54, 1.807) is 18.1 Å². The minimum Gasteiger partial charge on any atom is -0.324 e. The van der Waals surface area contributed by atoms with Crippen LogP contribution in [0.3, 0.4) is 0 Å². The summed E-state index contributed by atoms with van der Waals surface area (Å²) in [5.41, 5.74) is 4.78. The lowest BCUT2D eigenvalue weighted by molar-refractivity contribution is 0.611. The van der Waals surface area contributed by atoms with E-state index in [0.717, 1.165) is 23.6 Å². The van der Waals surface area contributed by atoms with Crippen molar-refractivity contribution in [1.29, 1.82) is 0 Å². The minimum absolute atomic E-state index is 0.0375. The van der Waals surface area contributed by atoms with Gasteiger partial charge in [-0.25, -0.2) is 4.68 Å². The lowest BCUT2D eigenvalue weighted by Crippen LogP contribution is -2.20. The molecule has 0 amide bonds. The summed E-state index contributed by atoms with van der Waals surface area (Å²) in [5, 5.41) is 7.81. The number of thioether (sulfide) groups is 1. The molecule has 0 spiro atoms. The molecule has 0 fully saturated rings. The third-order valence-electron chi connectivity index (χ3n) is 4.54. The number of hydrogen-bond donors (Lipinski definition) is 1. The molecular weight excluding hydrogens is 328 g/mol. The molecule has 1 unspecified atom stereocenters. The van der Waals surface area contributed by atoms with E-state index in [2.05, 4.69) is 83.2 Å². The quantitative estimate of drug-likeness (QED) is 0.699. The third-order valence-corrected chi connectivity index (χ3v) is 5.28. The molecule has 126 valence electrons. The van der Waals surface area contributed by atoms with Crippen LogP contribution in [0.15, 0.2) is 65.8 Å². The van der Waals surface area contributed by atoms with Crippen LogP contribution in [0.1, 0.15) is 29.7 Å². The van der Waals surface area contributed by atoms with E-state index in [-0.39, 0.29) is 6.04 Å². The Morgan fingerprint density at radius 3 is 2.52 bits per heavy atom. The van der Waals surface area contributed by atoms with Crippen LogP contribution in [-0.4, -0.2) is 21.0 Å². The number of hydrogen-bond acceptors (Lipinski definition) is 4. The van der Waals surface area contributed by atoms with Gasteiger partial charge in [-0.3, -0.25) is 0 Å². The van der Waals surface area contributed by atoms with Crippen LogP contribution >= 0.6 is 11.8 Å². The van der Waals surface area contributed by atoms with Crippen molar-refractivity contribution in [2.45, 2.75) is 24.3 Å². The van der Waals surface area contributed by atoms with Crippen molar-refractivity contribution in [2.75, 3.05) is 11.6 Å². The molecule has 2 heterocycles. The van der Waals surface area contributed by atoms with Crippen molar-refractivity contribution in [1.82, 2.24) is 14.8 Å². The Bertz CT molecular complexity index is 894. The molecule has 0 radical (unpaired) electrons. The van der Waals surface area contributed by atoms with Gasteiger partial charge in [-0.15, -0.1) is 11.8 Å². The molecule has 0 saturated carbocycles. The van der Waals surface area contributed by atoms with E-state index in [4.69, 9.17) is 0 Å². The van der Waals surface area contributed by atoms with Gasteiger partial charge < -0.3 is 5.32 Å². The molecule has 25 heavy (non-hydrogen) atoms. The number of aromatic nitrogens is 3. The Balaban J connectivity index is 1.74. The first-order valence-corrected chi connectivity index (χ1v) is 9.62. The molecule has 4 rings (SSSR count). The molecule has 1 aliphatic rings. The van der Waals surface area contributed by atoms with Gasteiger partial charge in [0.25, 0.3) is 0 Å². The summed E-state index contributed by atoms with van der Waals surface area (Å²) in [6, 6.07) is 17.4. The van der Waals surface area contributed by atoms with Crippen LogP contribution in [0.5, 0.6) is 0 Å². The average molecular weight is 348 g/mol. The monoisotopic (exact) mass is 348 g/mol. The van der Waals surface area contributed by atoms with Gasteiger partial charge in [0, 0.05) is 10.6 Å². The maximum absolute atomic E-state index is 4.41. The number of benzene rings is 2. The number of allylic oxidation sites excluding steroid dienone is 1. The van der Waals surface area contributed by atoms with Crippen molar-refractivity contribution in [3.05, 3.63) is 77.6 Å².